The molecule has 0 aliphatic rings. The lowest BCUT2D eigenvalue weighted by atomic mass is 10.1. The maximum atomic E-state index is 12.7. The van der Waals surface area contributed by atoms with Crippen LogP contribution in [0.15, 0.2) is 41.1 Å². The predicted octanol–water partition coefficient (Wildman–Crippen LogP) is 4.22. The molecule has 0 saturated carbocycles. The van der Waals surface area contributed by atoms with Gasteiger partial charge in [-0.2, -0.15) is 8.78 Å². The highest BCUT2D eigenvalue weighted by atomic mass is 19.3. The maximum absolute atomic E-state index is 12.7. The molecule has 0 saturated heterocycles. The van der Waals surface area contributed by atoms with Crippen LogP contribution in [-0.4, -0.2) is 34.6 Å². The van der Waals surface area contributed by atoms with Crippen molar-refractivity contribution in [2.24, 2.45) is 0 Å². The summed E-state index contributed by atoms with van der Waals surface area (Å²) in [4.78, 5) is 18.4. The van der Waals surface area contributed by atoms with E-state index in [1.165, 1.54) is 23.2 Å². The molecule has 6 nitrogen and oxygen atoms in total. The zero-order valence-electron chi connectivity index (χ0n) is 15.1. The Balaban J connectivity index is 1.75. The Bertz CT molecular complexity index is 939. The number of nitrogens with zero attached hydrogens (tertiary/aromatic N) is 3. The molecule has 0 unspecified atom stereocenters. The molecule has 0 bridgehead atoms. The van der Waals surface area contributed by atoms with Crippen molar-refractivity contribution in [3.63, 3.8) is 0 Å². The molecule has 142 valence electrons. The fourth-order valence-electron chi connectivity index (χ4n) is 2.73. The fraction of sp³-hybridized carbons (Fsp3) is 0.316. The second-order valence-electron chi connectivity index (χ2n) is 6.48. The summed E-state index contributed by atoms with van der Waals surface area (Å²) in [5, 5.41) is 4.73. The van der Waals surface area contributed by atoms with Crippen LogP contribution in [0.2, 0.25) is 0 Å². The van der Waals surface area contributed by atoms with Crippen molar-refractivity contribution in [3.8, 4) is 5.75 Å². The van der Waals surface area contributed by atoms with E-state index in [2.05, 4.69) is 14.9 Å². The Hall–Kier alpha value is -3.03. The minimum absolute atomic E-state index is 0.0750. The molecule has 1 aromatic carbocycles. The molecule has 0 aliphatic heterocycles. The van der Waals surface area contributed by atoms with Gasteiger partial charge in [-0.05, 0) is 29.7 Å². The van der Waals surface area contributed by atoms with E-state index < -0.39 is 6.61 Å². The Morgan fingerprint density at radius 3 is 2.59 bits per heavy atom. The molecular formula is C19H19F2N3O3. The third-order valence-electron chi connectivity index (χ3n) is 4.07. The highest BCUT2D eigenvalue weighted by Gasteiger charge is 2.18. The first-order valence-corrected chi connectivity index (χ1v) is 8.39. The van der Waals surface area contributed by atoms with Crippen LogP contribution >= 0.6 is 0 Å². The number of fused-ring (bicyclic) bond motifs is 1. The molecule has 3 aromatic rings. The van der Waals surface area contributed by atoms with Gasteiger partial charge in [0.25, 0.3) is 11.6 Å². The first-order chi connectivity index (χ1) is 12.8. The molecule has 0 fully saturated rings. The number of hydrogen-bond acceptors (Lipinski definition) is 5. The van der Waals surface area contributed by atoms with Gasteiger partial charge in [0, 0.05) is 19.8 Å². The molecule has 0 atom stereocenters. The summed E-state index contributed by atoms with van der Waals surface area (Å²) < 4.78 is 33.9. The van der Waals surface area contributed by atoms with Crippen molar-refractivity contribution < 1.29 is 22.8 Å². The molecule has 0 aliphatic carbocycles. The Morgan fingerprint density at radius 2 is 1.96 bits per heavy atom. The van der Waals surface area contributed by atoms with Gasteiger partial charge in [-0.1, -0.05) is 31.1 Å². The van der Waals surface area contributed by atoms with Crippen LogP contribution in [0.4, 0.5) is 8.78 Å². The molecule has 8 heteroatoms. The summed E-state index contributed by atoms with van der Waals surface area (Å²) in [5.74, 6) is 0.00405. The molecule has 0 radical (unpaired) electrons. The first-order valence-electron chi connectivity index (χ1n) is 8.39. The van der Waals surface area contributed by atoms with E-state index in [9.17, 15) is 13.6 Å². The van der Waals surface area contributed by atoms with E-state index in [-0.39, 0.29) is 17.6 Å². The highest BCUT2D eigenvalue weighted by molar-refractivity contribution is 5.96. The third-order valence-corrected chi connectivity index (χ3v) is 4.07. The van der Waals surface area contributed by atoms with Crippen molar-refractivity contribution in [2.75, 3.05) is 7.05 Å². The maximum Gasteiger partial charge on any atom is 0.387 e. The van der Waals surface area contributed by atoms with Crippen molar-refractivity contribution in [2.45, 2.75) is 32.9 Å². The summed E-state index contributed by atoms with van der Waals surface area (Å²) >= 11 is 0. The number of amides is 1. The van der Waals surface area contributed by atoms with Crippen molar-refractivity contribution in [3.05, 3.63) is 53.3 Å². The van der Waals surface area contributed by atoms with Crippen LogP contribution in [0.3, 0.4) is 0 Å². The Kier molecular flexibility index (Phi) is 5.34. The number of alkyl halides is 2. The molecule has 2 heterocycles. The summed E-state index contributed by atoms with van der Waals surface area (Å²) in [6.07, 6.45) is 1.45. The van der Waals surface area contributed by atoms with Crippen LogP contribution in [0.1, 0.15) is 41.4 Å². The smallest absolute Gasteiger partial charge is 0.387 e. The Labute approximate surface area is 154 Å². The average Bonchev–Trinajstić information content (AvgIpc) is 3.05. The number of pyridine rings is 1. The van der Waals surface area contributed by atoms with Crippen molar-refractivity contribution in [1.29, 1.82) is 0 Å². The number of rotatable bonds is 6. The van der Waals surface area contributed by atoms with Crippen molar-refractivity contribution >= 4 is 17.0 Å². The van der Waals surface area contributed by atoms with Crippen LogP contribution in [0.5, 0.6) is 5.75 Å². The van der Waals surface area contributed by atoms with Crippen molar-refractivity contribution in [1.82, 2.24) is 15.0 Å². The molecule has 1 amide bonds. The van der Waals surface area contributed by atoms with Gasteiger partial charge in [0.1, 0.15) is 5.75 Å². The second kappa shape index (κ2) is 7.69. The summed E-state index contributed by atoms with van der Waals surface area (Å²) in [5.41, 5.74) is 2.36. The van der Waals surface area contributed by atoms with E-state index in [0.717, 1.165) is 16.6 Å². The number of hydrogen-bond donors (Lipinski definition) is 0. The van der Waals surface area contributed by atoms with Gasteiger partial charge in [0.2, 0.25) is 0 Å². The third kappa shape index (κ3) is 4.21. The molecule has 27 heavy (non-hydrogen) atoms. The van der Waals surface area contributed by atoms with Gasteiger partial charge < -0.3 is 14.2 Å². The van der Waals surface area contributed by atoms with Gasteiger partial charge in [0.05, 0.1) is 16.6 Å². The van der Waals surface area contributed by atoms with Crippen LogP contribution < -0.4 is 4.74 Å². The summed E-state index contributed by atoms with van der Waals surface area (Å²) in [6.45, 7) is 1.42. The standard InChI is InChI=1S/C19H19F2N3O3/c1-11(2)16-15-8-13(9-22-17(15)27-23-16)18(25)24(3)10-12-4-6-14(7-5-12)26-19(20)21/h4-9,11,19H,10H2,1-3H3. The molecule has 3 rings (SSSR count). The molecule has 2 aromatic heterocycles. The number of carbonyl (C=O) groups excluding carboxylic acids is 1. The molecule has 0 spiro atoms. The lowest BCUT2D eigenvalue weighted by Gasteiger charge is -2.17. The number of aromatic nitrogens is 2. The minimum atomic E-state index is -2.87. The van der Waals surface area contributed by atoms with Gasteiger partial charge >= 0.3 is 6.61 Å². The summed E-state index contributed by atoms with van der Waals surface area (Å²) in [6, 6.07) is 7.89. The number of benzene rings is 1. The van der Waals surface area contributed by atoms with Crippen LogP contribution in [0.25, 0.3) is 11.1 Å². The van der Waals surface area contributed by atoms with Crippen LogP contribution in [-0.2, 0) is 6.54 Å². The van der Waals surface area contributed by atoms with E-state index in [4.69, 9.17) is 4.52 Å². The topological polar surface area (TPSA) is 68.5 Å². The monoisotopic (exact) mass is 375 g/mol. The number of ether oxygens (including phenoxy) is 1. The normalized spacial score (nSPS) is 11.4. The van der Waals surface area contributed by atoms with Gasteiger partial charge in [-0.25, -0.2) is 4.98 Å². The zero-order valence-corrected chi connectivity index (χ0v) is 15.1. The quantitative estimate of drug-likeness (QED) is 0.645. The second-order valence-corrected chi connectivity index (χ2v) is 6.48. The van der Waals surface area contributed by atoms with E-state index in [1.54, 1.807) is 25.2 Å². The average molecular weight is 375 g/mol. The van der Waals surface area contributed by atoms with Crippen LogP contribution in [0, 0.1) is 0 Å². The largest absolute Gasteiger partial charge is 0.435 e. The molecular weight excluding hydrogens is 356 g/mol. The summed E-state index contributed by atoms with van der Waals surface area (Å²) in [7, 11) is 1.66. The number of carbonyl (C=O) groups is 1. The van der Waals surface area contributed by atoms with Gasteiger partial charge in [-0.15, -0.1) is 0 Å². The predicted molar refractivity (Wildman–Crippen MR) is 94.8 cm³/mol. The SMILES string of the molecule is CC(C)c1noc2ncc(C(=O)N(C)Cc3ccc(OC(F)F)cc3)cc12. The van der Waals surface area contributed by atoms with E-state index >= 15 is 0 Å². The lowest BCUT2D eigenvalue weighted by molar-refractivity contribution is -0.0498. The van der Waals surface area contributed by atoms with E-state index in [1.807, 2.05) is 13.8 Å². The highest BCUT2D eigenvalue weighted by Crippen LogP contribution is 2.24. The van der Waals surface area contributed by atoms with Gasteiger partial charge in [-0.3, -0.25) is 4.79 Å². The Morgan fingerprint density at radius 1 is 1.26 bits per heavy atom. The first kappa shape index (κ1) is 18.8. The fourth-order valence-corrected chi connectivity index (χ4v) is 2.73. The lowest BCUT2D eigenvalue weighted by Crippen LogP contribution is -2.26. The van der Waals surface area contributed by atoms with E-state index in [0.29, 0.717) is 17.8 Å². The minimum Gasteiger partial charge on any atom is -0.435 e. The van der Waals surface area contributed by atoms with Gasteiger partial charge in [0.15, 0.2) is 0 Å². The number of halogens is 2. The zero-order chi connectivity index (χ0) is 19.6. The molecule has 0 N–H and O–H groups in total.